The van der Waals surface area contributed by atoms with Gasteiger partial charge < -0.3 is 15.8 Å². The van der Waals surface area contributed by atoms with Crippen LogP contribution in [0.1, 0.15) is 36.2 Å². The number of benzene rings is 2. The fraction of sp³-hybridized carbons (Fsp3) is 0.160. The van der Waals surface area contributed by atoms with E-state index in [1.807, 2.05) is 50.2 Å². The Hall–Kier alpha value is -4.54. The van der Waals surface area contributed by atoms with Crippen molar-refractivity contribution in [3.05, 3.63) is 95.3 Å². The number of nitrogens with zero attached hydrogens (tertiary/aromatic N) is 3. The maximum absolute atomic E-state index is 12.8. The first-order valence-electron chi connectivity index (χ1n) is 10.9. The minimum Gasteiger partial charge on any atom is -0.405 e. The zero-order valence-corrected chi connectivity index (χ0v) is 19.4. The summed E-state index contributed by atoms with van der Waals surface area (Å²) >= 11 is 0. The van der Waals surface area contributed by atoms with Crippen LogP contribution in [0.5, 0.6) is 0 Å². The van der Waals surface area contributed by atoms with Crippen molar-refractivity contribution in [3.8, 4) is 0 Å². The number of aromatic nitrogens is 1. The number of anilines is 1. The number of amidine groups is 1. The molecule has 0 aliphatic carbocycles. The summed E-state index contributed by atoms with van der Waals surface area (Å²) in [7, 11) is 0. The van der Waals surface area contributed by atoms with Gasteiger partial charge in [-0.05, 0) is 18.2 Å². The zero-order valence-electron chi connectivity index (χ0n) is 19.4. The lowest BCUT2D eigenvalue weighted by Gasteiger charge is -2.10. The van der Waals surface area contributed by atoms with Crippen molar-refractivity contribution < 1.29 is 22.7 Å². The molecule has 186 valence electrons. The Morgan fingerprint density at radius 2 is 1.72 bits per heavy atom. The van der Waals surface area contributed by atoms with E-state index in [2.05, 4.69) is 20.3 Å². The summed E-state index contributed by atoms with van der Waals surface area (Å²) in [5.41, 5.74) is 7.06. The molecule has 0 saturated heterocycles. The SMILES string of the molecule is CC.N=C(O/C(N)=N/C1N=C(c2ccccc2)c2ccccc2NC1=O)c1ccc(C(F)(F)F)cn1. The molecular formula is C25H23F3N6O2. The number of alkyl halides is 3. The monoisotopic (exact) mass is 496 g/mol. The van der Waals surface area contributed by atoms with Crippen LogP contribution in [-0.2, 0) is 15.7 Å². The minimum absolute atomic E-state index is 0.197. The number of para-hydroxylation sites is 1. The lowest BCUT2D eigenvalue weighted by atomic mass is 10.0. The van der Waals surface area contributed by atoms with Gasteiger partial charge in [0.2, 0.25) is 12.1 Å². The van der Waals surface area contributed by atoms with Crippen molar-refractivity contribution in [3.63, 3.8) is 0 Å². The average Bonchev–Trinajstić information content (AvgIpc) is 3.01. The second-order valence-electron chi connectivity index (χ2n) is 7.08. The Kier molecular flexibility index (Phi) is 8.15. The Morgan fingerprint density at radius 3 is 2.36 bits per heavy atom. The molecule has 1 aromatic heterocycles. The largest absolute Gasteiger partial charge is 0.417 e. The van der Waals surface area contributed by atoms with E-state index in [4.69, 9.17) is 15.9 Å². The smallest absolute Gasteiger partial charge is 0.405 e. The van der Waals surface area contributed by atoms with Gasteiger partial charge in [0.25, 0.3) is 11.9 Å². The van der Waals surface area contributed by atoms with Gasteiger partial charge >= 0.3 is 6.18 Å². The third kappa shape index (κ3) is 6.12. The molecule has 0 saturated carbocycles. The van der Waals surface area contributed by atoms with Crippen LogP contribution in [0.4, 0.5) is 18.9 Å². The highest BCUT2D eigenvalue weighted by atomic mass is 19.4. The Morgan fingerprint density at radius 1 is 1.06 bits per heavy atom. The van der Waals surface area contributed by atoms with Gasteiger partial charge in [-0.3, -0.25) is 15.2 Å². The molecule has 0 spiro atoms. The number of carbonyl (C=O) groups excluding carboxylic acids is 1. The first-order chi connectivity index (χ1) is 17.2. The highest BCUT2D eigenvalue weighted by Crippen LogP contribution is 2.28. The molecule has 1 unspecified atom stereocenters. The molecule has 3 aromatic rings. The van der Waals surface area contributed by atoms with E-state index >= 15 is 0 Å². The van der Waals surface area contributed by atoms with Crippen LogP contribution in [-0.4, -0.2) is 34.7 Å². The van der Waals surface area contributed by atoms with Crippen molar-refractivity contribution in [1.82, 2.24) is 4.98 Å². The molecule has 1 aliphatic heterocycles. The second-order valence-corrected chi connectivity index (χ2v) is 7.08. The fourth-order valence-corrected chi connectivity index (χ4v) is 3.16. The summed E-state index contributed by atoms with van der Waals surface area (Å²) < 4.78 is 43.2. The Labute approximate surface area is 205 Å². The van der Waals surface area contributed by atoms with Gasteiger partial charge in [0, 0.05) is 17.3 Å². The van der Waals surface area contributed by atoms with Gasteiger partial charge in [-0.2, -0.15) is 18.2 Å². The van der Waals surface area contributed by atoms with Gasteiger partial charge in [-0.15, -0.1) is 0 Å². The number of aliphatic imine (C=N–C) groups is 2. The van der Waals surface area contributed by atoms with Crippen LogP contribution in [0.25, 0.3) is 0 Å². The summed E-state index contributed by atoms with van der Waals surface area (Å²) in [5.74, 6) is -1.22. The van der Waals surface area contributed by atoms with Crippen molar-refractivity contribution in [2.75, 3.05) is 5.32 Å². The van der Waals surface area contributed by atoms with Crippen LogP contribution < -0.4 is 11.1 Å². The number of rotatable bonds is 3. The van der Waals surface area contributed by atoms with Crippen LogP contribution in [0.2, 0.25) is 0 Å². The van der Waals surface area contributed by atoms with E-state index in [9.17, 15) is 18.0 Å². The molecule has 0 bridgehead atoms. The summed E-state index contributed by atoms with van der Waals surface area (Å²) in [6.45, 7) is 4.00. The van der Waals surface area contributed by atoms with E-state index in [0.717, 1.165) is 17.7 Å². The van der Waals surface area contributed by atoms with E-state index in [1.54, 1.807) is 18.2 Å². The Bertz CT molecular complexity index is 1290. The molecule has 4 N–H and O–H groups in total. The van der Waals surface area contributed by atoms with Crippen LogP contribution >= 0.6 is 0 Å². The summed E-state index contributed by atoms with van der Waals surface area (Å²) in [4.78, 5) is 24.8. The topological polar surface area (TPSA) is 126 Å². The Balaban J connectivity index is 0.00000176. The highest BCUT2D eigenvalue weighted by Gasteiger charge is 2.31. The van der Waals surface area contributed by atoms with Crippen LogP contribution in [0.15, 0.2) is 82.9 Å². The molecular weight excluding hydrogens is 473 g/mol. The van der Waals surface area contributed by atoms with Gasteiger partial charge in [0.1, 0.15) is 5.69 Å². The third-order valence-corrected chi connectivity index (χ3v) is 4.75. The standard InChI is InChI=1S/C23H17F3N6O2.C2H6/c24-23(25,26)14-10-11-17(29-12-14)19(27)34-22(28)32-20-21(33)30-16-9-5-4-8-15(16)18(31-20)13-6-2-1-3-7-13;1-2/h1-12,20,27H,(H2,28,32)(H,30,33);1-2H3. The number of nitrogens with one attached hydrogen (secondary N) is 2. The van der Waals surface area contributed by atoms with Gasteiger partial charge in [0.15, 0.2) is 0 Å². The van der Waals surface area contributed by atoms with Gasteiger partial charge in [-0.1, -0.05) is 62.4 Å². The maximum atomic E-state index is 12.8. The zero-order chi connectivity index (χ0) is 26.3. The molecule has 2 aromatic carbocycles. The molecule has 1 aliphatic rings. The number of hydrogen-bond acceptors (Lipinski definition) is 6. The first-order valence-corrected chi connectivity index (χ1v) is 10.9. The van der Waals surface area contributed by atoms with Crippen molar-refractivity contribution in [2.45, 2.75) is 26.2 Å². The number of halogens is 3. The van der Waals surface area contributed by atoms with Crippen LogP contribution in [0.3, 0.4) is 0 Å². The molecule has 0 radical (unpaired) electrons. The molecule has 1 atom stereocenters. The molecule has 8 nitrogen and oxygen atoms in total. The van der Waals surface area contributed by atoms with Gasteiger partial charge in [-0.25, -0.2) is 4.99 Å². The normalized spacial score (nSPS) is 15.4. The van der Waals surface area contributed by atoms with E-state index in [-0.39, 0.29) is 5.69 Å². The van der Waals surface area contributed by atoms with E-state index < -0.39 is 35.7 Å². The predicted octanol–water partition coefficient (Wildman–Crippen LogP) is 4.60. The molecule has 1 amide bonds. The molecule has 4 rings (SSSR count). The summed E-state index contributed by atoms with van der Waals surface area (Å²) in [6, 6.07) is 17.4. The molecule has 2 heterocycles. The molecule has 11 heteroatoms. The number of pyridine rings is 1. The van der Waals surface area contributed by atoms with Crippen molar-refractivity contribution in [1.29, 1.82) is 5.41 Å². The van der Waals surface area contributed by atoms with Gasteiger partial charge in [0.05, 0.1) is 17.0 Å². The summed E-state index contributed by atoms with van der Waals surface area (Å²) in [6.07, 6.45) is -5.32. The maximum Gasteiger partial charge on any atom is 0.417 e. The quantitative estimate of drug-likeness (QED) is 0.362. The van der Waals surface area contributed by atoms with Crippen LogP contribution in [0, 0.1) is 5.41 Å². The van der Waals surface area contributed by atoms with Crippen molar-refractivity contribution in [2.24, 2.45) is 15.7 Å². The van der Waals surface area contributed by atoms with E-state index in [1.165, 1.54) is 0 Å². The third-order valence-electron chi connectivity index (χ3n) is 4.75. The number of benzodiazepines with no additional fused rings is 1. The number of amides is 1. The highest BCUT2D eigenvalue weighted by molar-refractivity contribution is 6.19. The lowest BCUT2D eigenvalue weighted by Crippen LogP contribution is -2.29. The number of fused-ring (bicyclic) bond motifs is 1. The predicted molar refractivity (Wildman–Crippen MR) is 131 cm³/mol. The van der Waals surface area contributed by atoms with Crippen molar-refractivity contribution >= 4 is 29.2 Å². The fourth-order valence-electron chi connectivity index (χ4n) is 3.16. The number of nitrogens with two attached hydrogens (primary N) is 1. The average molecular weight is 496 g/mol. The lowest BCUT2D eigenvalue weighted by molar-refractivity contribution is -0.137. The number of hydrogen-bond donors (Lipinski definition) is 3. The summed E-state index contributed by atoms with van der Waals surface area (Å²) in [5, 5.41) is 10.7. The molecule has 36 heavy (non-hydrogen) atoms. The minimum atomic E-state index is -4.56. The number of ether oxygens (including phenoxy) is 1. The first kappa shape index (κ1) is 26.1. The number of carbonyl (C=O) groups is 1. The van der Waals surface area contributed by atoms with E-state index in [0.29, 0.717) is 23.2 Å². The second kappa shape index (κ2) is 11.3. The molecule has 0 fully saturated rings.